The van der Waals surface area contributed by atoms with Crippen LogP contribution in [0.3, 0.4) is 0 Å². The molecule has 2 nitrogen and oxygen atoms in total. The molecular weight excluding hydrogens is 102 g/mol. The molecule has 0 heterocycles. The predicted molar refractivity (Wildman–Crippen MR) is 32.6 cm³/mol. The molecule has 1 aliphatic carbocycles. The van der Waals surface area contributed by atoms with Crippen LogP contribution in [0.1, 0.15) is 20.3 Å². The molecule has 0 radical (unpaired) electrons. The van der Waals surface area contributed by atoms with Crippen LogP contribution in [0.4, 0.5) is 0 Å². The lowest BCUT2D eigenvalue weighted by Crippen LogP contribution is -2.12. The van der Waals surface area contributed by atoms with E-state index in [1.54, 1.807) is 0 Å². The van der Waals surface area contributed by atoms with Crippen molar-refractivity contribution >= 4 is 0 Å². The van der Waals surface area contributed by atoms with E-state index in [1.165, 1.54) is 0 Å². The van der Waals surface area contributed by atoms with E-state index >= 15 is 0 Å². The lowest BCUT2D eigenvalue weighted by molar-refractivity contribution is 0.0619. The Morgan fingerprint density at radius 3 is 2.25 bits per heavy atom. The summed E-state index contributed by atoms with van der Waals surface area (Å²) in [5.41, 5.74) is 5.49. The Hall–Kier alpha value is -0.0800. The fourth-order valence-corrected chi connectivity index (χ4v) is 0.696. The molecule has 0 bridgehead atoms. The third kappa shape index (κ3) is 1.46. The summed E-state index contributed by atoms with van der Waals surface area (Å²) in [6, 6.07) is 0.331. The van der Waals surface area contributed by atoms with E-state index in [0.29, 0.717) is 18.2 Å². The van der Waals surface area contributed by atoms with Crippen molar-refractivity contribution in [1.82, 2.24) is 0 Å². The molecule has 0 amide bonds. The monoisotopic (exact) mass is 115 g/mol. The second-order valence-corrected chi connectivity index (χ2v) is 2.62. The molecule has 0 aromatic rings. The standard InChI is InChI=1S/C6H13NO/c1-4(2)8-6-3-5(6)7/h4-6H,3,7H2,1-2H3. The highest BCUT2D eigenvalue weighted by Gasteiger charge is 2.34. The van der Waals surface area contributed by atoms with Crippen molar-refractivity contribution in [3.63, 3.8) is 0 Å². The van der Waals surface area contributed by atoms with Crippen molar-refractivity contribution in [3.8, 4) is 0 Å². The van der Waals surface area contributed by atoms with Crippen molar-refractivity contribution in [2.24, 2.45) is 5.73 Å². The third-order valence-electron chi connectivity index (χ3n) is 1.23. The number of hydrogen-bond acceptors (Lipinski definition) is 2. The van der Waals surface area contributed by atoms with Crippen molar-refractivity contribution in [2.45, 2.75) is 38.5 Å². The fraction of sp³-hybridized carbons (Fsp3) is 1.00. The molecule has 1 fully saturated rings. The largest absolute Gasteiger partial charge is 0.374 e. The van der Waals surface area contributed by atoms with Crippen LogP contribution in [-0.4, -0.2) is 18.2 Å². The Bertz CT molecular complexity index is 82.6. The Kier molecular flexibility index (Phi) is 1.54. The van der Waals surface area contributed by atoms with Gasteiger partial charge in [-0.1, -0.05) is 0 Å². The van der Waals surface area contributed by atoms with Gasteiger partial charge in [0.15, 0.2) is 0 Å². The van der Waals surface area contributed by atoms with Crippen LogP contribution in [0.5, 0.6) is 0 Å². The van der Waals surface area contributed by atoms with Gasteiger partial charge in [0.05, 0.1) is 12.2 Å². The summed E-state index contributed by atoms with van der Waals surface area (Å²) in [4.78, 5) is 0. The lowest BCUT2D eigenvalue weighted by Gasteiger charge is -2.03. The van der Waals surface area contributed by atoms with E-state index in [9.17, 15) is 0 Å². The van der Waals surface area contributed by atoms with Gasteiger partial charge >= 0.3 is 0 Å². The molecule has 1 aliphatic rings. The SMILES string of the molecule is CC(C)OC1CC1N. The van der Waals surface area contributed by atoms with Crippen LogP contribution in [0.25, 0.3) is 0 Å². The van der Waals surface area contributed by atoms with Gasteiger partial charge in [0.1, 0.15) is 0 Å². The van der Waals surface area contributed by atoms with Crippen LogP contribution in [0, 0.1) is 0 Å². The number of ether oxygens (including phenoxy) is 1. The molecule has 8 heavy (non-hydrogen) atoms. The summed E-state index contributed by atoms with van der Waals surface area (Å²) in [6.45, 7) is 4.07. The molecule has 48 valence electrons. The summed E-state index contributed by atoms with van der Waals surface area (Å²) in [5, 5.41) is 0. The molecular formula is C6H13NO. The van der Waals surface area contributed by atoms with Crippen LogP contribution in [0.15, 0.2) is 0 Å². The van der Waals surface area contributed by atoms with Crippen LogP contribution in [-0.2, 0) is 4.74 Å². The van der Waals surface area contributed by atoms with Gasteiger partial charge in [-0.15, -0.1) is 0 Å². The zero-order valence-electron chi connectivity index (χ0n) is 5.42. The maximum Gasteiger partial charge on any atom is 0.0746 e. The molecule has 1 rings (SSSR count). The Morgan fingerprint density at radius 1 is 1.62 bits per heavy atom. The van der Waals surface area contributed by atoms with E-state index in [1.807, 2.05) is 13.8 Å². The van der Waals surface area contributed by atoms with E-state index < -0.39 is 0 Å². The normalized spacial score (nSPS) is 36.0. The van der Waals surface area contributed by atoms with Gasteiger partial charge in [-0.05, 0) is 20.3 Å². The van der Waals surface area contributed by atoms with Crippen molar-refractivity contribution in [1.29, 1.82) is 0 Å². The maximum absolute atomic E-state index is 5.49. The van der Waals surface area contributed by atoms with E-state index in [4.69, 9.17) is 10.5 Å². The zero-order chi connectivity index (χ0) is 6.15. The summed E-state index contributed by atoms with van der Waals surface area (Å²) in [7, 11) is 0. The second kappa shape index (κ2) is 2.03. The van der Waals surface area contributed by atoms with Crippen LogP contribution in [0.2, 0.25) is 0 Å². The minimum absolute atomic E-state index is 0.331. The summed E-state index contributed by atoms with van der Waals surface area (Å²) < 4.78 is 5.35. The van der Waals surface area contributed by atoms with Crippen LogP contribution >= 0.6 is 0 Å². The molecule has 0 saturated heterocycles. The summed E-state index contributed by atoms with van der Waals surface area (Å²) in [6.07, 6.45) is 1.77. The number of hydrogen-bond donors (Lipinski definition) is 1. The zero-order valence-corrected chi connectivity index (χ0v) is 5.42. The van der Waals surface area contributed by atoms with Crippen LogP contribution < -0.4 is 5.73 Å². The first kappa shape index (κ1) is 6.05. The topological polar surface area (TPSA) is 35.2 Å². The molecule has 2 atom stereocenters. The smallest absolute Gasteiger partial charge is 0.0746 e. The van der Waals surface area contributed by atoms with Gasteiger partial charge < -0.3 is 10.5 Å². The summed E-state index contributed by atoms with van der Waals surface area (Å²) in [5.74, 6) is 0. The highest BCUT2D eigenvalue weighted by Crippen LogP contribution is 2.23. The van der Waals surface area contributed by atoms with Crippen molar-refractivity contribution < 1.29 is 4.74 Å². The minimum atomic E-state index is 0.331. The van der Waals surface area contributed by atoms with Gasteiger partial charge in [-0.2, -0.15) is 0 Å². The van der Waals surface area contributed by atoms with Gasteiger partial charge in [0.25, 0.3) is 0 Å². The van der Waals surface area contributed by atoms with Crippen molar-refractivity contribution in [2.75, 3.05) is 0 Å². The van der Waals surface area contributed by atoms with Gasteiger partial charge in [0, 0.05) is 6.04 Å². The average Bonchev–Trinajstić information content (AvgIpc) is 2.17. The molecule has 1 saturated carbocycles. The molecule has 0 aliphatic heterocycles. The Labute approximate surface area is 50.0 Å². The third-order valence-corrected chi connectivity index (χ3v) is 1.23. The summed E-state index contributed by atoms with van der Waals surface area (Å²) >= 11 is 0. The first-order valence-electron chi connectivity index (χ1n) is 3.11. The number of rotatable bonds is 2. The van der Waals surface area contributed by atoms with E-state index in [-0.39, 0.29) is 0 Å². The highest BCUT2D eigenvalue weighted by molar-refractivity contribution is 4.91. The van der Waals surface area contributed by atoms with Gasteiger partial charge in [0.2, 0.25) is 0 Å². The van der Waals surface area contributed by atoms with Gasteiger partial charge in [-0.3, -0.25) is 0 Å². The predicted octanol–water partition coefficient (Wildman–Crippen LogP) is 0.511. The Balaban J connectivity index is 2.05. The molecule has 0 aromatic carbocycles. The maximum atomic E-state index is 5.49. The first-order chi connectivity index (χ1) is 3.70. The fourth-order valence-electron chi connectivity index (χ4n) is 0.696. The van der Waals surface area contributed by atoms with E-state index in [2.05, 4.69) is 0 Å². The molecule has 2 heteroatoms. The first-order valence-corrected chi connectivity index (χ1v) is 3.11. The van der Waals surface area contributed by atoms with Gasteiger partial charge in [-0.25, -0.2) is 0 Å². The lowest BCUT2D eigenvalue weighted by atomic mass is 10.5. The minimum Gasteiger partial charge on any atom is -0.374 e. The molecule has 2 N–H and O–H groups in total. The quantitative estimate of drug-likeness (QED) is 0.569. The van der Waals surface area contributed by atoms with E-state index in [0.717, 1.165) is 6.42 Å². The average molecular weight is 115 g/mol. The molecule has 0 spiro atoms. The second-order valence-electron chi connectivity index (χ2n) is 2.62. The van der Waals surface area contributed by atoms with Crippen molar-refractivity contribution in [3.05, 3.63) is 0 Å². The Morgan fingerprint density at radius 2 is 2.12 bits per heavy atom. The molecule has 0 aromatic heterocycles. The highest BCUT2D eigenvalue weighted by atomic mass is 16.5. The molecule has 2 unspecified atom stereocenters. The number of nitrogens with two attached hydrogens (primary N) is 1.